The van der Waals surface area contributed by atoms with Crippen LogP contribution in [0, 0.1) is 10.1 Å². The van der Waals surface area contributed by atoms with E-state index in [4.69, 9.17) is 0 Å². The Morgan fingerprint density at radius 3 is 1.82 bits per heavy atom. The lowest BCUT2D eigenvalue weighted by atomic mass is 9.99. The fourth-order valence-electron chi connectivity index (χ4n) is 4.14. The molecule has 0 aliphatic rings. The van der Waals surface area contributed by atoms with Gasteiger partial charge in [0.1, 0.15) is 6.04 Å². The molecule has 1 aromatic heterocycles. The van der Waals surface area contributed by atoms with E-state index in [-0.39, 0.29) is 12.0 Å². The van der Waals surface area contributed by atoms with Crippen molar-refractivity contribution < 1.29 is 4.92 Å². The van der Waals surface area contributed by atoms with Crippen molar-refractivity contribution in [3.63, 3.8) is 0 Å². The summed E-state index contributed by atoms with van der Waals surface area (Å²) in [5, 5.41) is 16.4. The van der Waals surface area contributed by atoms with Crippen LogP contribution in [-0.2, 0) is 0 Å². The number of hydrogen-bond donors (Lipinski definition) is 0. The predicted octanol–water partition coefficient (Wildman–Crippen LogP) is 7.84. The average molecular weight is 481 g/mol. The number of thioether (sulfide) groups is 1. The van der Waals surface area contributed by atoms with Gasteiger partial charge < -0.3 is 10.1 Å². The Morgan fingerprint density at radius 1 is 0.824 bits per heavy atom. The van der Waals surface area contributed by atoms with Gasteiger partial charge in [0.25, 0.3) is 5.16 Å². The standard InChI is InChI=1S/C27H36N4O2S/c1-2-3-4-5-6-7-8-9-10-17-22-34-27-28-26(31(32)33)29-30(27)25(23-18-13-11-14-19-23)24-20-15-12-16-21-24/h11-16,18-21,25H,2-10,17,22H2,1H3. The summed E-state index contributed by atoms with van der Waals surface area (Å²) in [5.41, 5.74) is 2.04. The van der Waals surface area contributed by atoms with Crippen LogP contribution in [0.1, 0.15) is 88.3 Å². The van der Waals surface area contributed by atoms with E-state index in [0.717, 1.165) is 23.3 Å². The first-order valence-corrected chi connectivity index (χ1v) is 13.5. The van der Waals surface area contributed by atoms with Gasteiger partial charge in [-0.25, -0.2) is 0 Å². The highest BCUT2D eigenvalue weighted by Gasteiger charge is 2.29. The van der Waals surface area contributed by atoms with E-state index in [0.29, 0.717) is 5.16 Å². The molecule has 0 aliphatic heterocycles. The molecule has 0 radical (unpaired) electrons. The molecule has 182 valence electrons. The lowest BCUT2D eigenvalue weighted by Gasteiger charge is -2.17. The monoisotopic (exact) mass is 480 g/mol. The average Bonchev–Trinajstić information content (AvgIpc) is 3.28. The Bertz CT molecular complexity index is 939. The molecule has 0 saturated heterocycles. The molecule has 0 aliphatic carbocycles. The molecule has 0 fully saturated rings. The first-order valence-electron chi connectivity index (χ1n) is 12.5. The lowest BCUT2D eigenvalue weighted by Crippen LogP contribution is -2.15. The second-order valence-corrected chi connectivity index (χ2v) is 9.71. The Hall–Kier alpha value is -2.67. The normalized spacial score (nSPS) is 11.2. The van der Waals surface area contributed by atoms with Crippen LogP contribution in [0.2, 0.25) is 0 Å². The fraction of sp³-hybridized carbons (Fsp3) is 0.481. The largest absolute Gasteiger partial charge is 0.492 e. The van der Waals surface area contributed by atoms with E-state index in [1.54, 1.807) is 16.4 Å². The van der Waals surface area contributed by atoms with E-state index in [9.17, 15) is 10.1 Å². The lowest BCUT2D eigenvalue weighted by molar-refractivity contribution is -0.394. The van der Waals surface area contributed by atoms with Gasteiger partial charge in [0.15, 0.2) is 0 Å². The van der Waals surface area contributed by atoms with E-state index >= 15 is 0 Å². The van der Waals surface area contributed by atoms with Gasteiger partial charge in [-0.1, -0.05) is 137 Å². The number of aromatic nitrogens is 3. The Morgan fingerprint density at radius 2 is 1.32 bits per heavy atom. The summed E-state index contributed by atoms with van der Waals surface area (Å²) < 4.78 is 1.73. The summed E-state index contributed by atoms with van der Waals surface area (Å²) in [6.07, 6.45) is 12.9. The molecule has 0 spiro atoms. The maximum absolute atomic E-state index is 11.5. The van der Waals surface area contributed by atoms with E-state index in [1.165, 1.54) is 57.8 Å². The van der Waals surface area contributed by atoms with Gasteiger partial charge in [0, 0.05) is 10.9 Å². The summed E-state index contributed by atoms with van der Waals surface area (Å²) in [7, 11) is 0. The van der Waals surface area contributed by atoms with Crippen LogP contribution in [0.15, 0.2) is 65.8 Å². The number of hydrogen-bond acceptors (Lipinski definition) is 5. The Balaban J connectivity index is 1.62. The van der Waals surface area contributed by atoms with Gasteiger partial charge in [0.05, 0.1) is 0 Å². The highest BCUT2D eigenvalue weighted by Crippen LogP contribution is 2.32. The second kappa shape index (κ2) is 14.6. The highest BCUT2D eigenvalue weighted by atomic mass is 32.2. The maximum Gasteiger partial charge on any atom is 0.492 e. The number of benzene rings is 2. The zero-order chi connectivity index (χ0) is 24.0. The fourth-order valence-corrected chi connectivity index (χ4v) is 5.10. The number of rotatable bonds is 16. The minimum atomic E-state index is -0.506. The number of nitro groups is 1. The molecular weight excluding hydrogens is 444 g/mol. The summed E-state index contributed by atoms with van der Waals surface area (Å²) in [5.74, 6) is 0.533. The van der Waals surface area contributed by atoms with Crippen LogP contribution < -0.4 is 0 Å². The van der Waals surface area contributed by atoms with Gasteiger partial charge in [0.2, 0.25) is 0 Å². The van der Waals surface area contributed by atoms with Crippen molar-refractivity contribution in [1.29, 1.82) is 0 Å². The summed E-state index contributed by atoms with van der Waals surface area (Å²) in [4.78, 5) is 15.3. The van der Waals surface area contributed by atoms with Gasteiger partial charge in [-0.2, -0.15) is 0 Å². The van der Waals surface area contributed by atoms with Crippen molar-refractivity contribution in [2.75, 3.05) is 5.75 Å². The topological polar surface area (TPSA) is 73.8 Å². The Kier molecular flexibility index (Phi) is 11.1. The summed E-state index contributed by atoms with van der Waals surface area (Å²) in [6, 6.07) is 19.7. The third kappa shape index (κ3) is 7.97. The molecule has 0 atom stereocenters. The van der Waals surface area contributed by atoms with Crippen molar-refractivity contribution >= 4 is 17.7 Å². The summed E-state index contributed by atoms with van der Waals surface area (Å²) in [6.45, 7) is 2.25. The van der Waals surface area contributed by atoms with Crippen molar-refractivity contribution in [2.45, 2.75) is 82.3 Å². The molecule has 6 nitrogen and oxygen atoms in total. The van der Waals surface area contributed by atoms with Crippen LogP contribution in [0.3, 0.4) is 0 Å². The van der Waals surface area contributed by atoms with Crippen molar-refractivity contribution in [3.8, 4) is 0 Å². The quantitative estimate of drug-likeness (QED) is 0.0903. The molecule has 0 amide bonds. The first kappa shape index (κ1) is 25.9. The minimum Gasteiger partial charge on any atom is -0.390 e. The maximum atomic E-state index is 11.5. The number of unbranched alkanes of at least 4 members (excludes halogenated alkanes) is 9. The van der Waals surface area contributed by atoms with E-state index in [1.807, 2.05) is 60.7 Å². The first-order chi connectivity index (χ1) is 16.7. The van der Waals surface area contributed by atoms with Crippen LogP contribution >= 0.6 is 11.8 Å². The molecule has 7 heteroatoms. The van der Waals surface area contributed by atoms with Gasteiger partial charge >= 0.3 is 5.95 Å². The molecule has 34 heavy (non-hydrogen) atoms. The van der Waals surface area contributed by atoms with Gasteiger partial charge in [-0.05, 0) is 27.5 Å². The van der Waals surface area contributed by atoms with Crippen molar-refractivity contribution in [2.24, 2.45) is 0 Å². The smallest absolute Gasteiger partial charge is 0.390 e. The molecule has 2 aromatic carbocycles. The van der Waals surface area contributed by atoms with Crippen LogP contribution in [0.5, 0.6) is 0 Å². The van der Waals surface area contributed by atoms with Crippen LogP contribution in [-0.4, -0.2) is 25.4 Å². The minimum absolute atomic E-state index is 0.265. The molecule has 0 saturated carbocycles. The molecule has 3 rings (SSSR count). The highest BCUT2D eigenvalue weighted by molar-refractivity contribution is 7.99. The third-order valence-corrected chi connectivity index (χ3v) is 6.99. The molecule has 0 N–H and O–H groups in total. The predicted molar refractivity (Wildman–Crippen MR) is 139 cm³/mol. The second-order valence-electron chi connectivity index (χ2n) is 8.65. The van der Waals surface area contributed by atoms with Crippen LogP contribution in [0.25, 0.3) is 0 Å². The zero-order valence-electron chi connectivity index (χ0n) is 20.1. The Labute approximate surface area is 207 Å². The zero-order valence-corrected chi connectivity index (χ0v) is 21.0. The molecule has 1 heterocycles. The SMILES string of the molecule is CCCCCCCCCCCCSc1nc([N+](=O)[O-])nn1C(c1ccccc1)c1ccccc1. The molecular formula is C27H36N4O2S. The molecule has 3 aromatic rings. The van der Waals surface area contributed by atoms with Gasteiger partial charge in [-0.3, -0.25) is 0 Å². The summed E-state index contributed by atoms with van der Waals surface area (Å²) >= 11 is 1.57. The molecule has 0 bridgehead atoms. The van der Waals surface area contributed by atoms with E-state index < -0.39 is 4.92 Å². The van der Waals surface area contributed by atoms with Crippen molar-refractivity contribution in [3.05, 3.63) is 81.9 Å². The molecule has 0 unspecified atom stereocenters. The van der Waals surface area contributed by atoms with E-state index in [2.05, 4.69) is 17.0 Å². The van der Waals surface area contributed by atoms with Crippen LogP contribution in [0.4, 0.5) is 5.95 Å². The van der Waals surface area contributed by atoms with Crippen molar-refractivity contribution in [1.82, 2.24) is 14.8 Å². The van der Waals surface area contributed by atoms with Gasteiger partial charge in [-0.15, -0.1) is 4.68 Å². The number of nitrogens with zero attached hydrogens (tertiary/aromatic N) is 4. The third-order valence-electron chi connectivity index (χ3n) is 5.96.